The molecule has 2 heteroatoms. The zero-order chi connectivity index (χ0) is 14.8. The highest BCUT2D eigenvalue weighted by Crippen LogP contribution is 2.65. The maximum atomic E-state index is 13.3. The molecule has 0 heterocycles. The van der Waals surface area contributed by atoms with Gasteiger partial charge in [-0.2, -0.15) is 0 Å². The van der Waals surface area contributed by atoms with Crippen molar-refractivity contribution in [3.05, 3.63) is 29.3 Å². The number of benzene rings is 1. The number of aryl methyl sites for hydroxylation is 1. The van der Waals surface area contributed by atoms with Crippen LogP contribution in [-0.2, 0) is 0 Å². The highest BCUT2D eigenvalue weighted by molar-refractivity contribution is 6.01. The van der Waals surface area contributed by atoms with Gasteiger partial charge in [-0.15, -0.1) is 0 Å². The van der Waals surface area contributed by atoms with Gasteiger partial charge >= 0.3 is 0 Å². The topological polar surface area (TPSA) is 43.1 Å². The Labute approximate surface area is 127 Å². The molecular formula is C19H25NO. The van der Waals surface area contributed by atoms with Gasteiger partial charge in [0.2, 0.25) is 0 Å². The lowest BCUT2D eigenvalue weighted by molar-refractivity contribution is -0.0820. The molecule has 0 amide bonds. The molecule has 2 N–H and O–H groups in total. The number of rotatable bonds is 2. The Morgan fingerprint density at radius 3 is 2.43 bits per heavy atom. The molecule has 4 bridgehead atoms. The van der Waals surface area contributed by atoms with E-state index in [9.17, 15) is 4.79 Å². The first kappa shape index (κ1) is 13.4. The van der Waals surface area contributed by atoms with E-state index in [1.165, 1.54) is 19.3 Å². The van der Waals surface area contributed by atoms with Gasteiger partial charge in [-0.05, 0) is 86.5 Å². The number of carbonyl (C=O) groups is 1. The Kier molecular flexibility index (Phi) is 2.62. The number of carbonyl (C=O) groups excluding carboxylic acids is 1. The van der Waals surface area contributed by atoms with Crippen LogP contribution >= 0.6 is 0 Å². The zero-order valence-corrected chi connectivity index (χ0v) is 13.1. The van der Waals surface area contributed by atoms with E-state index in [-0.39, 0.29) is 5.41 Å². The molecule has 0 saturated heterocycles. The van der Waals surface area contributed by atoms with Crippen LogP contribution in [0.25, 0.3) is 0 Å². The van der Waals surface area contributed by atoms with Crippen LogP contribution in [0.5, 0.6) is 0 Å². The molecule has 0 radical (unpaired) electrons. The molecule has 0 aromatic heterocycles. The fourth-order valence-corrected chi connectivity index (χ4v) is 6.11. The van der Waals surface area contributed by atoms with Gasteiger partial charge in [-0.3, -0.25) is 4.79 Å². The van der Waals surface area contributed by atoms with Crippen molar-refractivity contribution in [2.75, 3.05) is 5.73 Å². The number of hydrogen-bond donors (Lipinski definition) is 1. The smallest absolute Gasteiger partial charge is 0.169 e. The summed E-state index contributed by atoms with van der Waals surface area (Å²) >= 11 is 0. The summed E-state index contributed by atoms with van der Waals surface area (Å²) in [5.74, 6) is 1.97. The normalized spacial score (nSPS) is 40.5. The molecule has 4 fully saturated rings. The summed E-state index contributed by atoms with van der Waals surface area (Å²) in [7, 11) is 0. The average Bonchev–Trinajstić information content (AvgIpc) is 2.38. The molecule has 0 spiro atoms. The van der Waals surface area contributed by atoms with Crippen LogP contribution < -0.4 is 5.73 Å². The summed E-state index contributed by atoms with van der Waals surface area (Å²) < 4.78 is 0. The van der Waals surface area contributed by atoms with Gasteiger partial charge in [-0.25, -0.2) is 0 Å². The molecule has 1 aromatic carbocycles. The van der Waals surface area contributed by atoms with Crippen LogP contribution in [0.2, 0.25) is 0 Å². The van der Waals surface area contributed by atoms with E-state index in [1.807, 2.05) is 25.1 Å². The second-order valence-corrected chi connectivity index (χ2v) is 8.45. The lowest BCUT2D eigenvalue weighted by atomic mass is 9.43. The number of nitrogen functional groups attached to an aromatic ring is 1. The Balaban J connectivity index is 1.72. The van der Waals surface area contributed by atoms with Crippen LogP contribution in [-0.4, -0.2) is 5.78 Å². The van der Waals surface area contributed by atoms with E-state index in [2.05, 4.69) is 6.92 Å². The lowest BCUT2D eigenvalue weighted by Gasteiger charge is -2.60. The van der Waals surface area contributed by atoms with Crippen molar-refractivity contribution in [2.45, 2.75) is 52.4 Å². The van der Waals surface area contributed by atoms with Gasteiger partial charge in [0.05, 0.1) is 0 Å². The van der Waals surface area contributed by atoms with Gasteiger partial charge in [0, 0.05) is 16.7 Å². The molecule has 4 aliphatic carbocycles. The van der Waals surface area contributed by atoms with Crippen molar-refractivity contribution >= 4 is 11.5 Å². The molecule has 5 rings (SSSR count). The quantitative estimate of drug-likeness (QED) is 0.647. The van der Waals surface area contributed by atoms with Gasteiger partial charge in [0.15, 0.2) is 5.78 Å². The Hall–Kier alpha value is -1.31. The van der Waals surface area contributed by atoms with Crippen molar-refractivity contribution in [2.24, 2.45) is 22.7 Å². The van der Waals surface area contributed by atoms with Crippen LogP contribution in [0.4, 0.5) is 5.69 Å². The minimum absolute atomic E-state index is 0.0681. The summed E-state index contributed by atoms with van der Waals surface area (Å²) in [6.45, 7) is 4.41. The maximum absolute atomic E-state index is 13.3. The van der Waals surface area contributed by atoms with Crippen molar-refractivity contribution in [3.8, 4) is 0 Å². The molecule has 1 aromatic rings. The predicted molar refractivity (Wildman–Crippen MR) is 85.1 cm³/mol. The van der Waals surface area contributed by atoms with Crippen LogP contribution in [0.3, 0.4) is 0 Å². The molecule has 0 aliphatic heterocycles. The number of anilines is 1. The standard InChI is InChI=1S/C19H25NO/c1-12-5-15(3-4-16(12)20)17(21)19-9-13-6-14(10-19)8-18(2,7-13)11-19/h3-5,13-14H,6-11,20H2,1-2H3. The second kappa shape index (κ2) is 4.12. The van der Waals surface area contributed by atoms with Crippen molar-refractivity contribution in [1.82, 2.24) is 0 Å². The van der Waals surface area contributed by atoms with E-state index in [4.69, 9.17) is 5.73 Å². The van der Waals surface area contributed by atoms with Gasteiger partial charge < -0.3 is 5.73 Å². The van der Waals surface area contributed by atoms with E-state index in [1.54, 1.807) is 0 Å². The molecule has 4 aliphatic rings. The highest BCUT2D eigenvalue weighted by atomic mass is 16.1. The Morgan fingerprint density at radius 1 is 1.19 bits per heavy atom. The Bertz CT molecular complexity index is 604. The lowest BCUT2D eigenvalue weighted by Crippen LogP contribution is -2.54. The number of hydrogen-bond acceptors (Lipinski definition) is 2. The summed E-state index contributed by atoms with van der Waals surface area (Å²) in [6.07, 6.45) is 7.42. The van der Waals surface area contributed by atoms with E-state index >= 15 is 0 Å². The van der Waals surface area contributed by atoms with E-state index in [0.717, 1.165) is 47.9 Å². The van der Waals surface area contributed by atoms with Gasteiger partial charge in [0.1, 0.15) is 0 Å². The minimum atomic E-state index is -0.0681. The first-order chi connectivity index (χ1) is 9.89. The van der Waals surface area contributed by atoms with Gasteiger partial charge in [0.25, 0.3) is 0 Å². The largest absolute Gasteiger partial charge is 0.399 e. The third-order valence-corrected chi connectivity index (χ3v) is 6.37. The third kappa shape index (κ3) is 1.95. The zero-order valence-electron chi connectivity index (χ0n) is 13.1. The maximum Gasteiger partial charge on any atom is 0.169 e. The molecular weight excluding hydrogens is 258 g/mol. The summed E-state index contributed by atoms with van der Waals surface area (Å²) in [5, 5.41) is 0. The van der Waals surface area contributed by atoms with Crippen LogP contribution in [0.1, 0.15) is 61.4 Å². The van der Waals surface area contributed by atoms with Crippen LogP contribution in [0.15, 0.2) is 18.2 Å². The monoisotopic (exact) mass is 283 g/mol. The molecule has 21 heavy (non-hydrogen) atoms. The van der Waals surface area contributed by atoms with E-state index < -0.39 is 0 Å². The number of ketones is 1. The Morgan fingerprint density at radius 2 is 1.86 bits per heavy atom. The molecule has 2 unspecified atom stereocenters. The van der Waals surface area contributed by atoms with Crippen molar-refractivity contribution in [3.63, 3.8) is 0 Å². The molecule has 112 valence electrons. The first-order valence-corrected chi connectivity index (χ1v) is 8.30. The fourth-order valence-electron chi connectivity index (χ4n) is 6.11. The number of nitrogens with two attached hydrogens (primary N) is 1. The molecule has 2 nitrogen and oxygen atoms in total. The van der Waals surface area contributed by atoms with Crippen LogP contribution in [0, 0.1) is 29.6 Å². The highest BCUT2D eigenvalue weighted by Gasteiger charge is 2.58. The average molecular weight is 283 g/mol. The second-order valence-electron chi connectivity index (χ2n) is 8.45. The predicted octanol–water partition coefficient (Wildman–Crippen LogP) is 4.37. The molecule has 2 atom stereocenters. The summed E-state index contributed by atoms with van der Waals surface area (Å²) in [5.41, 5.74) is 8.94. The number of Topliss-reactive ketones (excluding diaryl/α,β-unsaturated/α-hetero) is 1. The minimum Gasteiger partial charge on any atom is -0.399 e. The SMILES string of the molecule is Cc1cc(C(=O)C23CC4CC(CC(C)(C4)C2)C3)ccc1N. The van der Waals surface area contributed by atoms with Gasteiger partial charge in [-0.1, -0.05) is 6.92 Å². The summed E-state index contributed by atoms with van der Waals surface area (Å²) in [6, 6.07) is 5.83. The fraction of sp³-hybridized carbons (Fsp3) is 0.632. The van der Waals surface area contributed by atoms with Crippen molar-refractivity contribution < 1.29 is 4.79 Å². The molecule has 4 saturated carbocycles. The third-order valence-electron chi connectivity index (χ3n) is 6.37. The van der Waals surface area contributed by atoms with E-state index in [0.29, 0.717) is 11.2 Å². The first-order valence-electron chi connectivity index (χ1n) is 8.30. The van der Waals surface area contributed by atoms with Crippen molar-refractivity contribution in [1.29, 1.82) is 0 Å². The summed E-state index contributed by atoms with van der Waals surface area (Å²) in [4.78, 5) is 13.3.